The number of para-hydroxylation sites is 1. The Morgan fingerprint density at radius 3 is 2.10 bits per heavy atom. The fourth-order valence-electron chi connectivity index (χ4n) is 5.67. The maximum absolute atomic E-state index is 13.4. The van der Waals surface area contributed by atoms with Gasteiger partial charge in [0.1, 0.15) is 12.3 Å². The number of carbonyl (C=O) groups is 3. The molecule has 0 saturated carbocycles. The number of nitrogens with zero attached hydrogens (tertiary/aromatic N) is 2. The molecule has 0 bridgehead atoms. The molecule has 1 heterocycles. The van der Waals surface area contributed by atoms with E-state index in [1.54, 1.807) is 12.1 Å². The van der Waals surface area contributed by atoms with Gasteiger partial charge in [-0.2, -0.15) is 4.58 Å². The van der Waals surface area contributed by atoms with Crippen molar-refractivity contribution in [2.24, 2.45) is 0 Å². The van der Waals surface area contributed by atoms with Crippen molar-refractivity contribution in [3.8, 4) is 0 Å². The highest BCUT2D eigenvalue weighted by Gasteiger charge is 2.46. The molecule has 1 aliphatic heterocycles. The zero-order chi connectivity index (χ0) is 29.7. The highest BCUT2D eigenvalue weighted by molar-refractivity contribution is 6.40. The predicted molar refractivity (Wildman–Crippen MR) is 159 cm³/mol. The van der Waals surface area contributed by atoms with Crippen molar-refractivity contribution in [1.82, 2.24) is 0 Å². The zero-order valence-electron chi connectivity index (χ0n) is 24.0. The highest BCUT2D eigenvalue weighted by atomic mass is 16.4. The SMILES string of the molecule is CCCC[N+]1=C(C=C2C(=O)C(c3ccc(N(CCCC(=O)O)CCCC(=O)O)cc3)=C2O)C(C)(C)c2ccccc21. The molecule has 0 unspecified atom stereocenters. The number of carboxylic acids is 2. The second-order valence-corrected chi connectivity index (χ2v) is 11.2. The van der Waals surface area contributed by atoms with Crippen molar-refractivity contribution in [2.45, 2.75) is 64.7 Å². The molecule has 2 aliphatic rings. The van der Waals surface area contributed by atoms with Crippen LogP contribution >= 0.6 is 0 Å². The summed E-state index contributed by atoms with van der Waals surface area (Å²) in [7, 11) is 0. The molecular formula is C33H39N2O6+. The van der Waals surface area contributed by atoms with E-state index in [1.165, 1.54) is 5.56 Å². The van der Waals surface area contributed by atoms with Gasteiger partial charge in [0, 0.05) is 55.7 Å². The first-order valence-electron chi connectivity index (χ1n) is 14.3. The van der Waals surface area contributed by atoms with E-state index in [0.29, 0.717) is 37.1 Å². The van der Waals surface area contributed by atoms with Crippen LogP contribution in [-0.2, 0) is 19.8 Å². The summed E-state index contributed by atoms with van der Waals surface area (Å²) in [6.07, 6.45) is 4.80. The standard InChI is InChI=1S/C33H38N2O6/c1-4-5-20-35-26-11-7-6-10-25(26)33(2,3)27(35)21-24-31(40)30(32(24)41)22-14-16-23(17-15-22)34(18-8-12-28(36)37)19-9-13-29(38)39/h6-7,10-11,14-17,21H,4-5,8-9,12-13,18-20H2,1-3H3,(H2-,36,37,38,39,40,41)/p+1. The van der Waals surface area contributed by atoms with Gasteiger partial charge in [-0.3, -0.25) is 14.4 Å². The number of aliphatic carboxylic acids is 2. The number of aliphatic hydroxyl groups is 1. The third kappa shape index (κ3) is 6.26. The van der Waals surface area contributed by atoms with Crippen LogP contribution in [0.3, 0.4) is 0 Å². The van der Waals surface area contributed by atoms with Crippen LogP contribution < -0.4 is 4.90 Å². The molecular weight excluding hydrogens is 520 g/mol. The molecule has 2 aromatic carbocycles. The topological polar surface area (TPSA) is 118 Å². The van der Waals surface area contributed by atoms with Crippen molar-refractivity contribution in [1.29, 1.82) is 0 Å². The maximum atomic E-state index is 13.4. The molecule has 1 aliphatic carbocycles. The average molecular weight is 560 g/mol. The van der Waals surface area contributed by atoms with Crippen molar-refractivity contribution in [2.75, 3.05) is 24.5 Å². The minimum absolute atomic E-state index is 0.0165. The fourth-order valence-corrected chi connectivity index (χ4v) is 5.67. The van der Waals surface area contributed by atoms with E-state index >= 15 is 0 Å². The van der Waals surface area contributed by atoms with Gasteiger partial charge in [0.25, 0.3) is 0 Å². The number of allylic oxidation sites excluding steroid dienone is 3. The third-order valence-electron chi connectivity index (χ3n) is 7.94. The fraction of sp³-hybridized carbons (Fsp3) is 0.394. The minimum Gasteiger partial charge on any atom is -0.506 e. The number of unbranched alkanes of at least 4 members (excludes halogenated alkanes) is 1. The van der Waals surface area contributed by atoms with E-state index in [0.717, 1.165) is 36.5 Å². The zero-order valence-corrected chi connectivity index (χ0v) is 24.0. The number of fused-ring (bicyclic) bond motifs is 1. The number of Topliss-reactive ketones (excluding diaryl/α,β-unsaturated/α-hetero) is 1. The Hall–Kier alpha value is -4.20. The molecule has 0 saturated heterocycles. The summed E-state index contributed by atoms with van der Waals surface area (Å²) >= 11 is 0. The number of carboxylic acid groups (broad SMARTS) is 2. The van der Waals surface area contributed by atoms with Gasteiger partial charge in [-0.25, -0.2) is 0 Å². The number of hydrogen-bond donors (Lipinski definition) is 3. The number of hydrogen-bond acceptors (Lipinski definition) is 5. The van der Waals surface area contributed by atoms with E-state index in [1.807, 2.05) is 35.2 Å². The maximum Gasteiger partial charge on any atom is 0.303 e. The van der Waals surface area contributed by atoms with Crippen LogP contribution in [0.4, 0.5) is 11.4 Å². The lowest BCUT2D eigenvalue weighted by molar-refractivity contribution is -0.438. The van der Waals surface area contributed by atoms with Crippen LogP contribution in [0.15, 0.2) is 65.9 Å². The van der Waals surface area contributed by atoms with Gasteiger partial charge >= 0.3 is 11.9 Å². The summed E-state index contributed by atoms with van der Waals surface area (Å²) in [4.78, 5) is 37.2. The molecule has 41 heavy (non-hydrogen) atoms. The van der Waals surface area contributed by atoms with Crippen molar-refractivity contribution in [3.63, 3.8) is 0 Å². The molecule has 3 N–H and O–H groups in total. The summed E-state index contributed by atoms with van der Waals surface area (Å²) in [6.45, 7) is 8.21. The molecule has 4 rings (SSSR count). The summed E-state index contributed by atoms with van der Waals surface area (Å²) in [5.41, 5.74) is 5.01. The van der Waals surface area contributed by atoms with Gasteiger partial charge in [-0.15, -0.1) is 0 Å². The Morgan fingerprint density at radius 2 is 1.54 bits per heavy atom. The summed E-state index contributed by atoms with van der Waals surface area (Å²) in [5.74, 6) is -1.98. The van der Waals surface area contributed by atoms with Gasteiger partial charge in [0.2, 0.25) is 11.5 Å². The first kappa shape index (κ1) is 29.8. The summed E-state index contributed by atoms with van der Waals surface area (Å²) in [6, 6.07) is 15.5. The quantitative estimate of drug-likeness (QED) is 0.195. The van der Waals surface area contributed by atoms with Crippen LogP contribution in [0.25, 0.3) is 5.57 Å². The van der Waals surface area contributed by atoms with Crippen molar-refractivity contribution in [3.05, 3.63) is 77.1 Å². The number of benzene rings is 2. The predicted octanol–water partition coefficient (Wildman–Crippen LogP) is 5.88. The lowest BCUT2D eigenvalue weighted by atomic mass is 9.77. The van der Waals surface area contributed by atoms with Gasteiger partial charge < -0.3 is 20.2 Å². The number of aliphatic hydroxyl groups excluding tert-OH is 1. The molecule has 0 atom stereocenters. The van der Waals surface area contributed by atoms with Crippen LogP contribution in [0.1, 0.15) is 70.4 Å². The second-order valence-electron chi connectivity index (χ2n) is 11.2. The van der Waals surface area contributed by atoms with E-state index in [2.05, 4.69) is 37.5 Å². The monoisotopic (exact) mass is 559 g/mol. The summed E-state index contributed by atoms with van der Waals surface area (Å²) in [5, 5.41) is 29.1. The Bertz CT molecular complexity index is 1410. The first-order valence-corrected chi connectivity index (χ1v) is 14.3. The number of carbonyl (C=O) groups excluding carboxylic acids is 1. The van der Waals surface area contributed by atoms with E-state index in [9.17, 15) is 19.5 Å². The van der Waals surface area contributed by atoms with E-state index in [4.69, 9.17) is 10.2 Å². The third-order valence-corrected chi connectivity index (χ3v) is 7.94. The van der Waals surface area contributed by atoms with Crippen LogP contribution in [0, 0.1) is 0 Å². The molecule has 2 aromatic rings. The smallest absolute Gasteiger partial charge is 0.303 e. The molecule has 216 valence electrons. The summed E-state index contributed by atoms with van der Waals surface area (Å²) < 4.78 is 2.27. The number of rotatable bonds is 14. The van der Waals surface area contributed by atoms with Crippen LogP contribution in [0.5, 0.6) is 0 Å². The van der Waals surface area contributed by atoms with Crippen molar-refractivity contribution >= 4 is 40.4 Å². The number of anilines is 1. The van der Waals surface area contributed by atoms with Crippen molar-refractivity contribution < 1.29 is 34.3 Å². The molecule has 0 radical (unpaired) electrons. The lowest BCUT2D eigenvalue weighted by Gasteiger charge is -2.26. The molecule has 8 heteroatoms. The molecule has 0 spiro atoms. The Labute approximate surface area is 240 Å². The van der Waals surface area contributed by atoms with Crippen LogP contribution in [-0.4, -0.2) is 63.0 Å². The van der Waals surface area contributed by atoms with Crippen LogP contribution in [0.2, 0.25) is 0 Å². The molecule has 0 aromatic heterocycles. The Kier molecular flexibility index (Phi) is 9.11. The van der Waals surface area contributed by atoms with Gasteiger partial charge in [-0.1, -0.05) is 43.7 Å². The second kappa shape index (κ2) is 12.5. The first-order chi connectivity index (χ1) is 19.6. The largest absolute Gasteiger partial charge is 0.506 e. The van der Waals surface area contributed by atoms with Gasteiger partial charge in [0.05, 0.1) is 16.6 Å². The highest BCUT2D eigenvalue weighted by Crippen LogP contribution is 2.43. The molecule has 8 nitrogen and oxygen atoms in total. The lowest BCUT2D eigenvalue weighted by Crippen LogP contribution is -2.31. The Balaban J connectivity index is 1.59. The van der Waals surface area contributed by atoms with Gasteiger partial charge in [0.15, 0.2) is 5.71 Å². The van der Waals surface area contributed by atoms with E-state index in [-0.39, 0.29) is 35.4 Å². The van der Waals surface area contributed by atoms with E-state index < -0.39 is 11.9 Å². The van der Waals surface area contributed by atoms with Gasteiger partial charge in [-0.05, 0) is 44.4 Å². The number of ketones is 1. The molecule has 0 amide bonds. The average Bonchev–Trinajstić information content (AvgIpc) is 3.15. The Morgan fingerprint density at radius 1 is 0.927 bits per heavy atom. The minimum atomic E-state index is -0.878. The molecule has 0 fully saturated rings. The normalized spacial score (nSPS) is 16.7.